The maximum absolute atomic E-state index is 12.2. The molecule has 0 aliphatic heterocycles. The van der Waals surface area contributed by atoms with Crippen molar-refractivity contribution in [2.45, 2.75) is 44.6 Å². The van der Waals surface area contributed by atoms with Gasteiger partial charge in [0.15, 0.2) is 0 Å². The minimum absolute atomic E-state index is 0.0540. The highest BCUT2D eigenvalue weighted by Crippen LogP contribution is 2.22. The summed E-state index contributed by atoms with van der Waals surface area (Å²) in [6.45, 7) is 6.02. The van der Waals surface area contributed by atoms with Crippen molar-refractivity contribution in [1.82, 2.24) is 10.0 Å². The molecule has 2 N–H and O–H groups in total. The summed E-state index contributed by atoms with van der Waals surface area (Å²) < 4.78 is 32.1. The van der Waals surface area contributed by atoms with Crippen LogP contribution in [0.5, 0.6) is 5.75 Å². The number of rotatable bonds is 8. The molecule has 1 amide bonds. The van der Waals surface area contributed by atoms with Gasteiger partial charge in [0.2, 0.25) is 10.0 Å². The largest absolute Gasteiger partial charge is 0.496 e. The predicted octanol–water partition coefficient (Wildman–Crippen LogP) is 1.91. The van der Waals surface area contributed by atoms with E-state index in [0.29, 0.717) is 12.3 Å². The first-order valence-electron chi connectivity index (χ1n) is 7.30. The topological polar surface area (TPSA) is 84.5 Å². The van der Waals surface area contributed by atoms with Gasteiger partial charge in [0.25, 0.3) is 5.91 Å². The summed E-state index contributed by atoms with van der Waals surface area (Å²) in [6, 6.07) is 4.20. The maximum atomic E-state index is 12.2. The number of carbonyl (C=O) groups excluding carboxylic acids is 1. The lowest BCUT2D eigenvalue weighted by atomic mass is 10.2. The molecule has 0 unspecified atom stereocenters. The Kier molecular flexibility index (Phi) is 6.83. The first-order valence-corrected chi connectivity index (χ1v) is 8.78. The zero-order valence-corrected chi connectivity index (χ0v) is 14.3. The van der Waals surface area contributed by atoms with Gasteiger partial charge in [-0.15, -0.1) is 0 Å². The Morgan fingerprint density at radius 3 is 2.55 bits per heavy atom. The van der Waals surface area contributed by atoms with E-state index in [1.807, 2.05) is 20.8 Å². The minimum atomic E-state index is -3.63. The number of hydrogen-bond acceptors (Lipinski definition) is 4. The van der Waals surface area contributed by atoms with Gasteiger partial charge in [0.05, 0.1) is 17.6 Å². The Morgan fingerprint density at radius 2 is 2.00 bits per heavy atom. The number of sulfonamides is 1. The molecule has 1 aromatic rings. The van der Waals surface area contributed by atoms with Crippen LogP contribution in [0.4, 0.5) is 0 Å². The van der Waals surface area contributed by atoms with Gasteiger partial charge in [-0.3, -0.25) is 4.79 Å². The Bertz CT molecular complexity index is 612. The lowest BCUT2D eigenvalue weighted by Gasteiger charge is -2.13. The van der Waals surface area contributed by atoms with Gasteiger partial charge in [0.1, 0.15) is 5.75 Å². The van der Waals surface area contributed by atoms with Gasteiger partial charge in [-0.1, -0.05) is 13.3 Å². The molecule has 0 aromatic heterocycles. The van der Waals surface area contributed by atoms with Crippen LogP contribution in [-0.2, 0) is 10.0 Å². The monoisotopic (exact) mass is 328 g/mol. The summed E-state index contributed by atoms with van der Waals surface area (Å²) in [7, 11) is -2.19. The van der Waals surface area contributed by atoms with Crippen molar-refractivity contribution in [2.24, 2.45) is 0 Å². The third-order valence-corrected chi connectivity index (χ3v) is 4.43. The molecular formula is C15H24N2O4S. The molecule has 22 heavy (non-hydrogen) atoms. The van der Waals surface area contributed by atoms with E-state index in [2.05, 4.69) is 10.0 Å². The predicted molar refractivity (Wildman–Crippen MR) is 85.7 cm³/mol. The highest BCUT2D eigenvalue weighted by atomic mass is 32.2. The third-order valence-electron chi connectivity index (χ3n) is 2.97. The average Bonchev–Trinajstić information content (AvgIpc) is 2.46. The SMILES string of the molecule is CCCCNS(=O)(=O)c1ccc(OC)c(C(=O)NC(C)C)c1. The fourth-order valence-electron chi connectivity index (χ4n) is 1.84. The minimum Gasteiger partial charge on any atom is -0.496 e. The molecule has 0 atom stereocenters. The number of methoxy groups -OCH3 is 1. The molecule has 0 saturated heterocycles. The van der Waals surface area contributed by atoms with E-state index in [1.54, 1.807) is 0 Å². The zero-order chi connectivity index (χ0) is 16.8. The zero-order valence-electron chi connectivity index (χ0n) is 13.5. The van der Waals surface area contributed by atoms with E-state index in [9.17, 15) is 13.2 Å². The van der Waals surface area contributed by atoms with Crippen LogP contribution < -0.4 is 14.8 Å². The number of nitrogens with one attached hydrogen (secondary N) is 2. The molecule has 0 radical (unpaired) electrons. The second-order valence-corrected chi connectivity index (χ2v) is 7.01. The summed E-state index contributed by atoms with van der Waals surface area (Å²) in [5.74, 6) is -0.0249. The Hall–Kier alpha value is -1.60. The van der Waals surface area contributed by atoms with Crippen LogP contribution in [0.15, 0.2) is 23.1 Å². The second-order valence-electron chi connectivity index (χ2n) is 5.24. The molecule has 6 nitrogen and oxygen atoms in total. The molecule has 1 rings (SSSR count). The van der Waals surface area contributed by atoms with Crippen LogP contribution in [0, 0.1) is 0 Å². The van der Waals surface area contributed by atoms with E-state index in [-0.39, 0.29) is 22.4 Å². The van der Waals surface area contributed by atoms with E-state index in [4.69, 9.17) is 4.74 Å². The molecule has 7 heteroatoms. The number of hydrogen-bond donors (Lipinski definition) is 2. The first-order chi connectivity index (χ1) is 10.3. The lowest BCUT2D eigenvalue weighted by Crippen LogP contribution is -2.31. The molecule has 124 valence electrons. The highest BCUT2D eigenvalue weighted by Gasteiger charge is 2.19. The quantitative estimate of drug-likeness (QED) is 0.714. The maximum Gasteiger partial charge on any atom is 0.255 e. The van der Waals surface area contributed by atoms with E-state index in [1.165, 1.54) is 25.3 Å². The van der Waals surface area contributed by atoms with Gasteiger partial charge in [-0.25, -0.2) is 13.1 Å². The molecule has 0 bridgehead atoms. The number of ether oxygens (including phenoxy) is 1. The molecule has 0 aliphatic rings. The summed E-state index contributed by atoms with van der Waals surface area (Å²) in [6.07, 6.45) is 1.66. The molecule has 0 spiro atoms. The Morgan fingerprint density at radius 1 is 1.32 bits per heavy atom. The van der Waals surface area contributed by atoms with Crippen LogP contribution in [0.3, 0.4) is 0 Å². The van der Waals surface area contributed by atoms with Gasteiger partial charge in [0, 0.05) is 12.6 Å². The van der Waals surface area contributed by atoms with Crippen molar-refractivity contribution < 1.29 is 17.9 Å². The van der Waals surface area contributed by atoms with Crippen LogP contribution >= 0.6 is 0 Å². The lowest BCUT2D eigenvalue weighted by molar-refractivity contribution is 0.0940. The molecular weight excluding hydrogens is 304 g/mol. The standard InChI is InChI=1S/C15H24N2O4S/c1-5-6-9-16-22(19,20)12-7-8-14(21-4)13(10-12)15(18)17-11(2)3/h7-8,10-11,16H,5-6,9H2,1-4H3,(H,17,18). The Labute approximate surface area is 132 Å². The molecule has 0 heterocycles. The normalized spacial score (nSPS) is 11.5. The number of unbranched alkanes of at least 4 members (excludes halogenated alkanes) is 1. The van der Waals surface area contributed by atoms with E-state index in [0.717, 1.165) is 12.8 Å². The fraction of sp³-hybridized carbons (Fsp3) is 0.533. The Balaban J connectivity index is 3.11. The summed E-state index contributed by atoms with van der Waals surface area (Å²) in [4.78, 5) is 12.2. The van der Waals surface area contributed by atoms with Crippen molar-refractivity contribution in [3.8, 4) is 5.75 Å². The smallest absolute Gasteiger partial charge is 0.255 e. The van der Waals surface area contributed by atoms with Crippen molar-refractivity contribution in [3.63, 3.8) is 0 Å². The van der Waals surface area contributed by atoms with Crippen LogP contribution in [-0.4, -0.2) is 34.0 Å². The van der Waals surface area contributed by atoms with Gasteiger partial charge in [-0.2, -0.15) is 0 Å². The van der Waals surface area contributed by atoms with E-state index >= 15 is 0 Å². The van der Waals surface area contributed by atoms with Gasteiger partial charge >= 0.3 is 0 Å². The molecule has 1 aromatic carbocycles. The second kappa shape index (κ2) is 8.14. The van der Waals surface area contributed by atoms with E-state index < -0.39 is 10.0 Å². The van der Waals surface area contributed by atoms with Gasteiger partial charge < -0.3 is 10.1 Å². The van der Waals surface area contributed by atoms with Crippen molar-refractivity contribution in [1.29, 1.82) is 0 Å². The summed E-state index contributed by atoms with van der Waals surface area (Å²) >= 11 is 0. The fourth-order valence-corrected chi connectivity index (χ4v) is 2.94. The first kappa shape index (κ1) is 18.4. The van der Waals surface area contributed by atoms with Crippen molar-refractivity contribution in [3.05, 3.63) is 23.8 Å². The molecule has 0 saturated carbocycles. The van der Waals surface area contributed by atoms with Gasteiger partial charge in [-0.05, 0) is 38.5 Å². The van der Waals surface area contributed by atoms with Crippen molar-refractivity contribution in [2.75, 3.05) is 13.7 Å². The number of amides is 1. The molecule has 0 aliphatic carbocycles. The number of carbonyl (C=O) groups is 1. The summed E-state index contributed by atoms with van der Waals surface area (Å²) in [5.41, 5.74) is 0.203. The van der Waals surface area contributed by atoms with Crippen LogP contribution in [0.2, 0.25) is 0 Å². The van der Waals surface area contributed by atoms with Crippen LogP contribution in [0.25, 0.3) is 0 Å². The van der Waals surface area contributed by atoms with Crippen molar-refractivity contribution >= 4 is 15.9 Å². The van der Waals surface area contributed by atoms with Crippen LogP contribution in [0.1, 0.15) is 44.0 Å². The molecule has 0 fully saturated rings. The average molecular weight is 328 g/mol. The third kappa shape index (κ3) is 4.99. The highest BCUT2D eigenvalue weighted by molar-refractivity contribution is 7.89. The summed E-state index contributed by atoms with van der Waals surface area (Å²) in [5, 5.41) is 2.73. The number of benzene rings is 1.